The second-order valence-electron chi connectivity index (χ2n) is 5.65. The monoisotopic (exact) mass is 373 g/mol. The lowest BCUT2D eigenvalue weighted by Gasteiger charge is -2.11. The minimum atomic E-state index is -3.80. The number of carbonyl (C=O) groups excluding carboxylic acids is 1. The fourth-order valence-corrected chi connectivity index (χ4v) is 4.37. The zero-order valence-electron chi connectivity index (χ0n) is 13.3. The molecule has 128 valence electrons. The predicted molar refractivity (Wildman–Crippen MR) is 96.9 cm³/mol. The quantitative estimate of drug-likeness (QED) is 0.861. The Labute approximate surface area is 150 Å². The van der Waals surface area contributed by atoms with E-state index in [9.17, 15) is 13.2 Å². The number of hydrogen-bond acceptors (Lipinski definition) is 5. The molecule has 0 fully saturated rings. The van der Waals surface area contributed by atoms with Crippen molar-refractivity contribution in [3.63, 3.8) is 0 Å². The maximum atomic E-state index is 12.6. The van der Waals surface area contributed by atoms with Crippen LogP contribution in [-0.2, 0) is 14.8 Å². The SMILES string of the molecule is CC1CSc2ccc(S(=O)(=O)Nc3ccc(C#N)cc3)cc2NC1=O. The van der Waals surface area contributed by atoms with Gasteiger partial charge in [0.25, 0.3) is 10.0 Å². The summed E-state index contributed by atoms with van der Waals surface area (Å²) >= 11 is 1.52. The molecule has 0 saturated heterocycles. The third kappa shape index (κ3) is 3.78. The molecule has 6 nitrogen and oxygen atoms in total. The van der Waals surface area contributed by atoms with Crippen molar-refractivity contribution in [1.82, 2.24) is 0 Å². The number of nitriles is 1. The molecule has 2 N–H and O–H groups in total. The van der Waals surface area contributed by atoms with E-state index in [-0.39, 0.29) is 16.7 Å². The number of nitrogens with one attached hydrogen (secondary N) is 2. The molecule has 0 aromatic heterocycles. The summed E-state index contributed by atoms with van der Waals surface area (Å²) in [4.78, 5) is 12.9. The van der Waals surface area contributed by atoms with E-state index in [4.69, 9.17) is 5.26 Å². The molecule has 1 heterocycles. The molecule has 3 rings (SSSR count). The number of benzene rings is 2. The summed E-state index contributed by atoms with van der Waals surface area (Å²) in [5.41, 5.74) is 1.31. The summed E-state index contributed by atoms with van der Waals surface area (Å²) < 4.78 is 27.6. The van der Waals surface area contributed by atoms with Gasteiger partial charge in [-0.15, -0.1) is 11.8 Å². The standard InChI is InChI=1S/C17H15N3O3S2/c1-11-10-24-16-7-6-14(8-15(16)19-17(11)21)25(22,23)20-13-4-2-12(9-18)3-5-13/h2-8,11,20H,10H2,1H3,(H,19,21). The van der Waals surface area contributed by atoms with E-state index in [0.717, 1.165) is 4.90 Å². The van der Waals surface area contributed by atoms with Gasteiger partial charge in [0.1, 0.15) is 0 Å². The molecule has 0 bridgehead atoms. The van der Waals surface area contributed by atoms with Crippen LogP contribution < -0.4 is 10.0 Å². The highest BCUT2D eigenvalue weighted by Gasteiger charge is 2.23. The van der Waals surface area contributed by atoms with Crippen LogP contribution in [0.1, 0.15) is 12.5 Å². The minimum Gasteiger partial charge on any atom is -0.325 e. The van der Waals surface area contributed by atoms with Crippen LogP contribution in [0.2, 0.25) is 0 Å². The molecule has 0 saturated carbocycles. The Hall–Kier alpha value is -2.50. The van der Waals surface area contributed by atoms with Gasteiger partial charge >= 0.3 is 0 Å². The minimum absolute atomic E-state index is 0.0612. The number of amides is 1. The molecule has 0 spiro atoms. The highest BCUT2D eigenvalue weighted by atomic mass is 32.2. The van der Waals surface area contributed by atoms with Gasteiger partial charge in [0.15, 0.2) is 0 Å². The largest absolute Gasteiger partial charge is 0.325 e. The maximum Gasteiger partial charge on any atom is 0.261 e. The van der Waals surface area contributed by atoms with E-state index >= 15 is 0 Å². The fraction of sp³-hybridized carbons (Fsp3) is 0.176. The van der Waals surface area contributed by atoms with Crippen molar-refractivity contribution in [2.45, 2.75) is 16.7 Å². The van der Waals surface area contributed by atoms with Gasteiger partial charge in [-0.25, -0.2) is 8.42 Å². The Morgan fingerprint density at radius 2 is 1.96 bits per heavy atom. The highest BCUT2D eigenvalue weighted by Crippen LogP contribution is 2.34. The van der Waals surface area contributed by atoms with E-state index < -0.39 is 10.0 Å². The highest BCUT2D eigenvalue weighted by molar-refractivity contribution is 7.99. The van der Waals surface area contributed by atoms with E-state index in [2.05, 4.69) is 10.0 Å². The summed E-state index contributed by atoms with van der Waals surface area (Å²) in [7, 11) is -3.80. The number of nitrogens with zero attached hydrogens (tertiary/aromatic N) is 1. The summed E-state index contributed by atoms with van der Waals surface area (Å²) in [5.74, 6) is 0.379. The molecule has 1 unspecified atom stereocenters. The number of thioether (sulfide) groups is 1. The van der Waals surface area contributed by atoms with Crippen molar-refractivity contribution in [2.24, 2.45) is 5.92 Å². The Balaban J connectivity index is 1.89. The number of rotatable bonds is 3. The first-order chi connectivity index (χ1) is 11.9. The number of fused-ring (bicyclic) bond motifs is 1. The normalized spacial score (nSPS) is 17.0. The number of sulfonamides is 1. The van der Waals surface area contributed by atoms with Crippen LogP contribution in [0.5, 0.6) is 0 Å². The van der Waals surface area contributed by atoms with Gasteiger partial charge in [-0.3, -0.25) is 9.52 Å². The van der Waals surface area contributed by atoms with Crippen LogP contribution in [0.15, 0.2) is 52.3 Å². The van der Waals surface area contributed by atoms with Gasteiger partial charge in [0, 0.05) is 22.3 Å². The van der Waals surface area contributed by atoms with Gasteiger partial charge in [-0.2, -0.15) is 5.26 Å². The summed E-state index contributed by atoms with van der Waals surface area (Å²) in [5, 5.41) is 11.6. The Bertz CT molecular complexity index is 964. The van der Waals surface area contributed by atoms with E-state index in [1.165, 1.54) is 48.2 Å². The van der Waals surface area contributed by atoms with Crippen LogP contribution in [0.3, 0.4) is 0 Å². The molecular weight excluding hydrogens is 358 g/mol. The molecular formula is C17H15N3O3S2. The number of hydrogen-bond donors (Lipinski definition) is 2. The van der Waals surface area contributed by atoms with Gasteiger partial charge < -0.3 is 5.32 Å². The maximum absolute atomic E-state index is 12.6. The van der Waals surface area contributed by atoms with Gasteiger partial charge in [-0.1, -0.05) is 6.92 Å². The first-order valence-corrected chi connectivity index (χ1v) is 9.96. The van der Waals surface area contributed by atoms with Crippen molar-refractivity contribution >= 4 is 39.1 Å². The molecule has 2 aromatic carbocycles. The zero-order chi connectivity index (χ0) is 18.0. The third-order valence-electron chi connectivity index (χ3n) is 3.72. The third-order valence-corrected chi connectivity index (χ3v) is 6.43. The number of carbonyl (C=O) groups is 1. The summed E-state index contributed by atoms with van der Waals surface area (Å²) in [6.07, 6.45) is 0. The lowest BCUT2D eigenvalue weighted by Crippen LogP contribution is -2.20. The van der Waals surface area contributed by atoms with Crippen molar-refractivity contribution in [1.29, 1.82) is 5.26 Å². The van der Waals surface area contributed by atoms with Crippen LogP contribution in [0.4, 0.5) is 11.4 Å². The molecule has 0 radical (unpaired) electrons. The lowest BCUT2D eigenvalue weighted by molar-refractivity contribution is -0.118. The Kier molecular flexibility index (Phi) is 4.70. The van der Waals surface area contributed by atoms with Gasteiger partial charge in [-0.05, 0) is 42.5 Å². The second-order valence-corrected chi connectivity index (χ2v) is 8.40. The molecule has 2 aromatic rings. The van der Waals surface area contributed by atoms with Crippen molar-refractivity contribution in [3.05, 3.63) is 48.0 Å². The molecule has 1 atom stereocenters. The fourth-order valence-electron chi connectivity index (χ4n) is 2.27. The average Bonchev–Trinajstić information content (AvgIpc) is 2.74. The molecule has 8 heteroatoms. The van der Waals surface area contributed by atoms with Gasteiger partial charge in [0.2, 0.25) is 5.91 Å². The Morgan fingerprint density at radius 3 is 2.64 bits per heavy atom. The Morgan fingerprint density at radius 1 is 1.24 bits per heavy atom. The smallest absolute Gasteiger partial charge is 0.261 e. The molecule has 1 aliphatic rings. The molecule has 1 aliphatic heterocycles. The summed E-state index contributed by atoms with van der Waals surface area (Å²) in [6.45, 7) is 1.83. The first kappa shape index (κ1) is 17.3. The van der Waals surface area contributed by atoms with Gasteiger partial charge in [0.05, 0.1) is 22.2 Å². The molecule has 1 amide bonds. The topological polar surface area (TPSA) is 99.1 Å². The van der Waals surface area contributed by atoms with Crippen molar-refractivity contribution in [3.8, 4) is 6.07 Å². The lowest BCUT2D eigenvalue weighted by atomic mass is 10.2. The summed E-state index contributed by atoms with van der Waals surface area (Å²) in [6, 6.07) is 12.8. The zero-order valence-corrected chi connectivity index (χ0v) is 14.9. The average molecular weight is 373 g/mol. The van der Waals surface area contributed by atoms with Crippen molar-refractivity contribution < 1.29 is 13.2 Å². The molecule has 0 aliphatic carbocycles. The van der Waals surface area contributed by atoms with E-state index in [1.54, 1.807) is 6.07 Å². The van der Waals surface area contributed by atoms with Crippen molar-refractivity contribution in [2.75, 3.05) is 15.8 Å². The molecule has 25 heavy (non-hydrogen) atoms. The predicted octanol–water partition coefficient (Wildman–Crippen LogP) is 3.04. The van der Waals surface area contributed by atoms with E-state index in [0.29, 0.717) is 22.7 Å². The first-order valence-electron chi connectivity index (χ1n) is 7.50. The second kappa shape index (κ2) is 6.78. The van der Waals surface area contributed by atoms with Crippen LogP contribution in [0.25, 0.3) is 0 Å². The van der Waals surface area contributed by atoms with Crippen LogP contribution in [0, 0.1) is 17.2 Å². The number of anilines is 2. The van der Waals surface area contributed by atoms with Crippen LogP contribution in [-0.4, -0.2) is 20.1 Å². The van der Waals surface area contributed by atoms with Crippen LogP contribution >= 0.6 is 11.8 Å². The van der Waals surface area contributed by atoms with E-state index in [1.807, 2.05) is 13.0 Å².